The van der Waals surface area contributed by atoms with Gasteiger partial charge in [0, 0.05) is 16.8 Å². The van der Waals surface area contributed by atoms with Crippen LogP contribution in [-0.2, 0) is 0 Å². The molecule has 0 spiro atoms. The first-order chi connectivity index (χ1) is 9.63. The molecule has 0 bridgehead atoms. The van der Waals surface area contributed by atoms with E-state index in [9.17, 15) is 4.39 Å². The first kappa shape index (κ1) is 12.3. The molecule has 0 saturated carbocycles. The number of aryl methyl sites for hydroxylation is 1. The predicted octanol–water partition coefficient (Wildman–Crippen LogP) is 3.43. The van der Waals surface area contributed by atoms with E-state index in [-0.39, 0.29) is 5.82 Å². The molecule has 1 heterocycles. The van der Waals surface area contributed by atoms with Crippen LogP contribution < -0.4 is 5.73 Å². The van der Waals surface area contributed by atoms with Crippen molar-refractivity contribution in [2.24, 2.45) is 0 Å². The Morgan fingerprint density at radius 1 is 1.10 bits per heavy atom. The van der Waals surface area contributed by atoms with Gasteiger partial charge in [-0.05, 0) is 55.0 Å². The highest BCUT2D eigenvalue weighted by Gasteiger charge is 2.12. The number of hydrogen-bond acceptors (Lipinski definition) is 4. The highest BCUT2D eigenvalue weighted by molar-refractivity contribution is 5.64. The lowest BCUT2D eigenvalue weighted by atomic mass is 10.1. The number of rotatable bonds is 2. The van der Waals surface area contributed by atoms with Crippen molar-refractivity contribution in [2.45, 2.75) is 6.92 Å². The zero-order valence-electron chi connectivity index (χ0n) is 10.8. The van der Waals surface area contributed by atoms with E-state index in [0.717, 1.165) is 11.1 Å². The quantitative estimate of drug-likeness (QED) is 0.724. The smallest absolute Gasteiger partial charge is 0.258 e. The van der Waals surface area contributed by atoms with Crippen LogP contribution >= 0.6 is 0 Å². The summed E-state index contributed by atoms with van der Waals surface area (Å²) in [5.74, 6) is 0.546. The Hall–Kier alpha value is -2.69. The zero-order chi connectivity index (χ0) is 14.1. The molecule has 2 N–H and O–H groups in total. The lowest BCUT2D eigenvalue weighted by Crippen LogP contribution is -1.88. The van der Waals surface area contributed by atoms with E-state index in [0.29, 0.717) is 23.0 Å². The van der Waals surface area contributed by atoms with Gasteiger partial charge in [-0.3, -0.25) is 0 Å². The van der Waals surface area contributed by atoms with E-state index >= 15 is 0 Å². The fourth-order valence-electron chi connectivity index (χ4n) is 1.98. The summed E-state index contributed by atoms with van der Waals surface area (Å²) in [7, 11) is 0. The standard InChI is InChI=1S/C15H12FN3O/c1-9-8-12(17)6-7-13(9)15-18-14(19-20-15)10-2-4-11(16)5-3-10/h2-8H,17H2,1H3. The molecule has 3 aromatic rings. The lowest BCUT2D eigenvalue weighted by molar-refractivity contribution is 0.432. The SMILES string of the molecule is Cc1cc(N)ccc1-c1nc(-c2ccc(F)cc2)no1. The molecule has 0 unspecified atom stereocenters. The Morgan fingerprint density at radius 3 is 2.55 bits per heavy atom. The van der Waals surface area contributed by atoms with Crippen molar-refractivity contribution in [1.82, 2.24) is 10.1 Å². The van der Waals surface area contributed by atoms with Crippen LogP contribution in [0.5, 0.6) is 0 Å². The molecule has 0 aliphatic carbocycles. The van der Waals surface area contributed by atoms with Crippen LogP contribution in [0.1, 0.15) is 5.56 Å². The van der Waals surface area contributed by atoms with E-state index in [1.54, 1.807) is 18.2 Å². The van der Waals surface area contributed by atoms with Crippen LogP contribution in [0.2, 0.25) is 0 Å². The number of anilines is 1. The molecule has 3 rings (SSSR count). The zero-order valence-corrected chi connectivity index (χ0v) is 10.8. The first-order valence-corrected chi connectivity index (χ1v) is 6.09. The van der Waals surface area contributed by atoms with Gasteiger partial charge in [0.15, 0.2) is 0 Å². The van der Waals surface area contributed by atoms with Crippen LogP contribution in [-0.4, -0.2) is 10.1 Å². The number of hydrogen-bond donors (Lipinski definition) is 1. The third-order valence-electron chi connectivity index (χ3n) is 3.01. The van der Waals surface area contributed by atoms with Gasteiger partial charge in [-0.15, -0.1) is 0 Å². The van der Waals surface area contributed by atoms with Gasteiger partial charge >= 0.3 is 0 Å². The number of nitrogen functional groups attached to an aromatic ring is 1. The van der Waals surface area contributed by atoms with Crippen molar-refractivity contribution >= 4 is 5.69 Å². The van der Waals surface area contributed by atoms with Gasteiger partial charge in [-0.2, -0.15) is 4.98 Å². The van der Waals surface area contributed by atoms with Crippen molar-refractivity contribution in [2.75, 3.05) is 5.73 Å². The molecule has 0 aliphatic rings. The summed E-state index contributed by atoms with van der Waals surface area (Å²) in [6, 6.07) is 11.4. The molecule has 0 amide bonds. The summed E-state index contributed by atoms with van der Waals surface area (Å²) in [5.41, 5.74) is 8.89. The molecule has 0 saturated heterocycles. The molecule has 0 aliphatic heterocycles. The van der Waals surface area contributed by atoms with Crippen molar-refractivity contribution < 1.29 is 8.91 Å². The topological polar surface area (TPSA) is 64.9 Å². The molecular weight excluding hydrogens is 257 g/mol. The number of nitrogens with two attached hydrogens (primary N) is 1. The average Bonchev–Trinajstić information content (AvgIpc) is 2.89. The van der Waals surface area contributed by atoms with Gasteiger partial charge in [0.2, 0.25) is 5.82 Å². The van der Waals surface area contributed by atoms with Gasteiger partial charge in [0.25, 0.3) is 5.89 Å². The second-order valence-corrected chi connectivity index (χ2v) is 4.50. The van der Waals surface area contributed by atoms with Gasteiger partial charge in [0.1, 0.15) is 5.82 Å². The largest absolute Gasteiger partial charge is 0.399 e. The Bertz CT molecular complexity index is 750. The highest BCUT2D eigenvalue weighted by atomic mass is 19.1. The van der Waals surface area contributed by atoms with Crippen molar-refractivity contribution in [3.05, 3.63) is 53.8 Å². The van der Waals surface area contributed by atoms with Crippen LogP contribution in [0, 0.1) is 12.7 Å². The minimum absolute atomic E-state index is 0.299. The lowest BCUT2D eigenvalue weighted by Gasteiger charge is -2.01. The highest BCUT2D eigenvalue weighted by Crippen LogP contribution is 2.26. The summed E-state index contributed by atoms with van der Waals surface area (Å²) in [4.78, 5) is 4.33. The van der Waals surface area contributed by atoms with E-state index in [2.05, 4.69) is 10.1 Å². The minimum Gasteiger partial charge on any atom is -0.399 e. The predicted molar refractivity (Wildman–Crippen MR) is 74.3 cm³/mol. The van der Waals surface area contributed by atoms with Gasteiger partial charge < -0.3 is 10.3 Å². The third kappa shape index (κ3) is 2.25. The summed E-state index contributed by atoms with van der Waals surface area (Å²) in [6.45, 7) is 1.92. The molecule has 100 valence electrons. The maximum Gasteiger partial charge on any atom is 0.258 e. The second kappa shape index (κ2) is 4.77. The Morgan fingerprint density at radius 2 is 1.85 bits per heavy atom. The number of nitrogens with zero attached hydrogens (tertiary/aromatic N) is 2. The van der Waals surface area contributed by atoms with Crippen LogP contribution in [0.4, 0.5) is 10.1 Å². The van der Waals surface area contributed by atoms with E-state index in [1.165, 1.54) is 12.1 Å². The van der Waals surface area contributed by atoms with Gasteiger partial charge in [0.05, 0.1) is 0 Å². The Labute approximate surface area is 115 Å². The summed E-state index contributed by atoms with van der Waals surface area (Å²) in [6.07, 6.45) is 0. The van der Waals surface area contributed by atoms with Gasteiger partial charge in [-0.25, -0.2) is 4.39 Å². The minimum atomic E-state index is -0.299. The van der Waals surface area contributed by atoms with E-state index < -0.39 is 0 Å². The summed E-state index contributed by atoms with van der Waals surface area (Å²) in [5, 5.41) is 3.92. The van der Waals surface area contributed by atoms with Crippen molar-refractivity contribution in [1.29, 1.82) is 0 Å². The third-order valence-corrected chi connectivity index (χ3v) is 3.01. The number of benzene rings is 2. The molecular formula is C15H12FN3O. The molecule has 5 heteroatoms. The molecule has 4 nitrogen and oxygen atoms in total. The Balaban J connectivity index is 1.99. The Kier molecular flexibility index (Phi) is 2.95. The normalized spacial score (nSPS) is 10.7. The van der Waals surface area contributed by atoms with Crippen molar-refractivity contribution in [3.8, 4) is 22.8 Å². The maximum atomic E-state index is 12.9. The molecule has 0 fully saturated rings. The molecule has 0 radical (unpaired) electrons. The average molecular weight is 269 g/mol. The van der Waals surface area contributed by atoms with Crippen LogP contribution in [0.25, 0.3) is 22.8 Å². The van der Waals surface area contributed by atoms with Crippen molar-refractivity contribution in [3.63, 3.8) is 0 Å². The van der Waals surface area contributed by atoms with E-state index in [1.807, 2.05) is 19.1 Å². The van der Waals surface area contributed by atoms with Crippen LogP contribution in [0.3, 0.4) is 0 Å². The van der Waals surface area contributed by atoms with Gasteiger partial charge in [-0.1, -0.05) is 5.16 Å². The maximum absolute atomic E-state index is 12.9. The summed E-state index contributed by atoms with van der Waals surface area (Å²) >= 11 is 0. The number of halogens is 1. The number of aromatic nitrogens is 2. The monoisotopic (exact) mass is 269 g/mol. The fourth-order valence-corrected chi connectivity index (χ4v) is 1.98. The molecule has 1 aromatic heterocycles. The van der Waals surface area contributed by atoms with Crippen LogP contribution in [0.15, 0.2) is 47.0 Å². The molecule has 2 aromatic carbocycles. The summed E-state index contributed by atoms with van der Waals surface area (Å²) < 4.78 is 18.1. The fraction of sp³-hybridized carbons (Fsp3) is 0.0667. The first-order valence-electron chi connectivity index (χ1n) is 6.09. The molecule has 20 heavy (non-hydrogen) atoms. The second-order valence-electron chi connectivity index (χ2n) is 4.50. The van der Waals surface area contributed by atoms with E-state index in [4.69, 9.17) is 10.3 Å². The molecule has 0 atom stereocenters.